The molecule has 0 aliphatic heterocycles. The molecule has 160 valence electrons. The zero-order chi connectivity index (χ0) is 21.8. The third-order valence-corrected chi connectivity index (χ3v) is 5.69. The zero-order valence-electron chi connectivity index (χ0n) is 17.3. The van der Waals surface area contributed by atoms with Gasteiger partial charge in [0.2, 0.25) is 11.9 Å². The number of benzene rings is 1. The van der Waals surface area contributed by atoms with Gasteiger partial charge >= 0.3 is 0 Å². The van der Waals surface area contributed by atoms with Crippen LogP contribution in [0.15, 0.2) is 42.6 Å². The lowest BCUT2D eigenvalue weighted by molar-refractivity contribution is 0.102. The first-order valence-electron chi connectivity index (χ1n) is 9.89. The van der Waals surface area contributed by atoms with Crippen molar-refractivity contribution in [1.29, 1.82) is 0 Å². The molecule has 9 nitrogen and oxygen atoms in total. The largest absolute Gasteiger partial charge is 0.492 e. The van der Waals surface area contributed by atoms with Crippen LogP contribution in [-0.2, 0) is 6.54 Å². The van der Waals surface area contributed by atoms with Gasteiger partial charge in [0, 0.05) is 26.3 Å². The van der Waals surface area contributed by atoms with E-state index in [4.69, 9.17) is 10.5 Å². The van der Waals surface area contributed by atoms with E-state index in [-0.39, 0.29) is 5.91 Å². The van der Waals surface area contributed by atoms with E-state index in [1.165, 1.54) is 11.3 Å². The Morgan fingerprint density at radius 2 is 2.10 bits per heavy atom. The topological polar surface area (TPSA) is 120 Å². The van der Waals surface area contributed by atoms with Gasteiger partial charge in [-0.3, -0.25) is 10.1 Å². The van der Waals surface area contributed by atoms with E-state index in [2.05, 4.69) is 25.6 Å². The molecule has 4 N–H and O–H groups in total. The fourth-order valence-corrected chi connectivity index (χ4v) is 4.09. The standard InChI is InChI=1S/C21H23N7O2S/c1-3-30-15-6-4-5-14-18(15)26-21(28(14)12-10-22)27-19(29)17-8-7-16(31-17)13-9-11-24-20(23-2)25-13/h4-9,11H,3,10,12,22H2,1-2H3,(H,23,24,25)(H,26,27,29). The number of hydrogen-bond donors (Lipinski definition) is 3. The number of rotatable bonds is 8. The van der Waals surface area contributed by atoms with Gasteiger partial charge in [-0.2, -0.15) is 0 Å². The molecular weight excluding hydrogens is 414 g/mol. The second-order valence-electron chi connectivity index (χ2n) is 6.57. The Hall–Kier alpha value is -3.50. The number of anilines is 2. The van der Waals surface area contributed by atoms with Gasteiger partial charge in [0.25, 0.3) is 5.91 Å². The highest BCUT2D eigenvalue weighted by Crippen LogP contribution is 2.30. The minimum atomic E-state index is -0.245. The summed E-state index contributed by atoms with van der Waals surface area (Å²) in [7, 11) is 1.76. The summed E-state index contributed by atoms with van der Waals surface area (Å²) >= 11 is 1.35. The SMILES string of the molecule is CCOc1cccc2c1nc(NC(=O)c1ccc(-c3ccnc(NC)n3)s1)n2CCN. The first kappa shape index (κ1) is 20.8. The lowest BCUT2D eigenvalue weighted by Crippen LogP contribution is -2.17. The van der Waals surface area contributed by atoms with Gasteiger partial charge in [0.15, 0.2) is 0 Å². The maximum Gasteiger partial charge on any atom is 0.268 e. The fourth-order valence-electron chi connectivity index (χ4n) is 3.22. The summed E-state index contributed by atoms with van der Waals surface area (Å²) in [4.78, 5) is 27.6. The van der Waals surface area contributed by atoms with E-state index >= 15 is 0 Å². The number of carbonyl (C=O) groups is 1. The Balaban J connectivity index is 1.63. The van der Waals surface area contributed by atoms with Gasteiger partial charge < -0.3 is 20.4 Å². The number of fused-ring (bicyclic) bond motifs is 1. The van der Waals surface area contributed by atoms with Crippen LogP contribution >= 0.6 is 11.3 Å². The number of nitrogens with zero attached hydrogens (tertiary/aromatic N) is 4. The second-order valence-corrected chi connectivity index (χ2v) is 7.65. The van der Waals surface area contributed by atoms with Crippen molar-refractivity contribution in [2.45, 2.75) is 13.5 Å². The molecule has 0 atom stereocenters. The number of nitrogens with one attached hydrogen (secondary N) is 2. The summed E-state index contributed by atoms with van der Waals surface area (Å²) in [6.07, 6.45) is 1.68. The molecule has 10 heteroatoms. The number of ether oxygens (including phenoxy) is 1. The van der Waals surface area contributed by atoms with E-state index in [1.807, 2.05) is 41.8 Å². The summed E-state index contributed by atoms with van der Waals surface area (Å²) in [5, 5.41) is 5.84. The van der Waals surface area contributed by atoms with Gasteiger partial charge in [-0.25, -0.2) is 15.0 Å². The molecule has 0 unspecified atom stereocenters. The minimum absolute atomic E-state index is 0.245. The maximum absolute atomic E-state index is 13.0. The van der Waals surface area contributed by atoms with E-state index in [0.29, 0.717) is 47.7 Å². The lowest BCUT2D eigenvalue weighted by atomic mass is 10.3. The molecule has 0 spiro atoms. The fraction of sp³-hybridized carbons (Fsp3) is 0.238. The van der Waals surface area contributed by atoms with E-state index in [9.17, 15) is 4.79 Å². The number of aromatic nitrogens is 4. The molecule has 3 heterocycles. The molecule has 3 aromatic heterocycles. The van der Waals surface area contributed by atoms with Crippen LogP contribution in [0, 0.1) is 0 Å². The molecule has 4 rings (SSSR count). The molecule has 0 aliphatic rings. The van der Waals surface area contributed by atoms with Crippen LogP contribution in [0.4, 0.5) is 11.9 Å². The van der Waals surface area contributed by atoms with Crippen molar-refractivity contribution < 1.29 is 9.53 Å². The summed E-state index contributed by atoms with van der Waals surface area (Å²) < 4.78 is 7.59. The van der Waals surface area contributed by atoms with Gasteiger partial charge in [0.1, 0.15) is 11.3 Å². The summed E-state index contributed by atoms with van der Waals surface area (Å²) in [5.41, 5.74) is 8.11. The quantitative estimate of drug-likeness (QED) is 0.387. The number of para-hydroxylation sites is 1. The third kappa shape index (κ3) is 4.21. The van der Waals surface area contributed by atoms with Crippen LogP contribution in [0.25, 0.3) is 21.6 Å². The summed E-state index contributed by atoms with van der Waals surface area (Å²) in [5.74, 6) is 1.39. The van der Waals surface area contributed by atoms with Crippen LogP contribution < -0.4 is 21.1 Å². The van der Waals surface area contributed by atoms with Crippen LogP contribution in [0.5, 0.6) is 5.75 Å². The van der Waals surface area contributed by atoms with Crippen molar-refractivity contribution in [3.05, 3.63) is 47.5 Å². The van der Waals surface area contributed by atoms with Gasteiger partial charge in [-0.15, -0.1) is 11.3 Å². The number of nitrogens with two attached hydrogens (primary N) is 1. The van der Waals surface area contributed by atoms with Crippen LogP contribution in [0.2, 0.25) is 0 Å². The smallest absolute Gasteiger partial charge is 0.268 e. The van der Waals surface area contributed by atoms with Gasteiger partial charge in [0.05, 0.1) is 27.6 Å². The molecule has 0 fully saturated rings. The maximum atomic E-state index is 13.0. The highest BCUT2D eigenvalue weighted by molar-refractivity contribution is 7.17. The predicted octanol–water partition coefficient (Wildman–Crippen LogP) is 3.21. The first-order chi connectivity index (χ1) is 15.1. The number of imidazole rings is 1. The average Bonchev–Trinajstić information content (AvgIpc) is 3.41. The minimum Gasteiger partial charge on any atom is -0.492 e. The Morgan fingerprint density at radius 3 is 2.87 bits per heavy atom. The zero-order valence-corrected chi connectivity index (χ0v) is 18.1. The molecule has 4 aromatic rings. The van der Waals surface area contributed by atoms with E-state index in [1.54, 1.807) is 19.3 Å². The molecule has 0 saturated carbocycles. The number of amides is 1. The van der Waals surface area contributed by atoms with Crippen molar-refractivity contribution >= 4 is 40.2 Å². The van der Waals surface area contributed by atoms with E-state index < -0.39 is 0 Å². The monoisotopic (exact) mass is 437 g/mol. The second kappa shape index (κ2) is 9.11. The molecule has 0 saturated heterocycles. The Morgan fingerprint density at radius 1 is 1.23 bits per heavy atom. The summed E-state index contributed by atoms with van der Waals surface area (Å²) in [6, 6.07) is 11.2. The van der Waals surface area contributed by atoms with Gasteiger partial charge in [-0.05, 0) is 37.3 Å². The Bertz CT molecular complexity index is 1220. The Kier molecular flexibility index (Phi) is 6.10. The predicted molar refractivity (Wildman–Crippen MR) is 123 cm³/mol. The van der Waals surface area contributed by atoms with Crippen molar-refractivity contribution in [3.63, 3.8) is 0 Å². The van der Waals surface area contributed by atoms with Crippen LogP contribution in [0.1, 0.15) is 16.6 Å². The Labute approximate surface area is 183 Å². The number of carbonyl (C=O) groups excluding carboxylic acids is 1. The van der Waals surface area contributed by atoms with E-state index in [0.717, 1.165) is 16.1 Å². The lowest BCUT2D eigenvalue weighted by Gasteiger charge is -2.08. The normalized spacial score (nSPS) is 10.9. The van der Waals surface area contributed by atoms with Gasteiger partial charge in [-0.1, -0.05) is 6.07 Å². The van der Waals surface area contributed by atoms with Crippen LogP contribution in [-0.4, -0.2) is 45.6 Å². The molecule has 1 amide bonds. The molecule has 31 heavy (non-hydrogen) atoms. The molecule has 1 aromatic carbocycles. The van der Waals surface area contributed by atoms with Crippen molar-refractivity contribution in [2.24, 2.45) is 5.73 Å². The van der Waals surface area contributed by atoms with Crippen LogP contribution in [0.3, 0.4) is 0 Å². The molecule has 0 aliphatic carbocycles. The molecule has 0 radical (unpaired) electrons. The number of hydrogen-bond acceptors (Lipinski definition) is 8. The van der Waals surface area contributed by atoms with Crippen molar-refractivity contribution in [2.75, 3.05) is 30.8 Å². The average molecular weight is 438 g/mol. The highest BCUT2D eigenvalue weighted by atomic mass is 32.1. The van der Waals surface area contributed by atoms with Crippen molar-refractivity contribution in [1.82, 2.24) is 19.5 Å². The number of thiophene rings is 1. The van der Waals surface area contributed by atoms with Crippen molar-refractivity contribution in [3.8, 4) is 16.3 Å². The third-order valence-electron chi connectivity index (χ3n) is 4.58. The molecular formula is C21H23N7O2S. The highest BCUT2D eigenvalue weighted by Gasteiger charge is 2.18. The first-order valence-corrected chi connectivity index (χ1v) is 10.7. The molecule has 0 bridgehead atoms. The summed E-state index contributed by atoms with van der Waals surface area (Å²) in [6.45, 7) is 3.38.